The van der Waals surface area contributed by atoms with Gasteiger partial charge in [0.25, 0.3) is 5.91 Å². The fraction of sp³-hybridized carbons (Fsp3) is 0.474. The van der Waals surface area contributed by atoms with E-state index in [0.29, 0.717) is 5.69 Å². The van der Waals surface area contributed by atoms with Gasteiger partial charge in [-0.2, -0.15) is 5.26 Å². The number of anilines is 1. The third-order valence-electron chi connectivity index (χ3n) is 4.14. The lowest BCUT2D eigenvalue weighted by Crippen LogP contribution is -2.61. The predicted molar refractivity (Wildman–Crippen MR) is 97.9 cm³/mol. The number of phenols is 1. The molecule has 1 aromatic rings. The summed E-state index contributed by atoms with van der Waals surface area (Å²) in [6, 6.07) is 8.22. The minimum absolute atomic E-state index is 0.0159. The van der Waals surface area contributed by atoms with Crippen LogP contribution < -0.4 is 16.0 Å². The smallest absolute Gasteiger partial charge is 0.267 e. The van der Waals surface area contributed by atoms with Gasteiger partial charge in [-0.05, 0) is 64.8 Å². The Morgan fingerprint density at radius 2 is 1.80 bits per heavy atom. The SMILES string of the molecule is CC1(C)CC(N/C=C(/C#N)C(=O)Nc2ccc(O)cc2)CC(C)(C)N1. The molecule has 0 bridgehead atoms. The molecule has 1 amide bonds. The molecule has 6 heteroatoms. The molecule has 0 radical (unpaired) electrons. The molecular weight excluding hydrogens is 316 g/mol. The lowest BCUT2D eigenvalue weighted by Gasteiger charge is -2.46. The number of rotatable bonds is 4. The summed E-state index contributed by atoms with van der Waals surface area (Å²) in [4.78, 5) is 12.2. The molecule has 1 aromatic carbocycles. The Bertz CT molecular complexity index is 683. The molecule has 0 aromatic heterocycles. The van der Waals surface area contributed by atoms with Gasteiger partial charge in [-0.15, -0.1) is 0 Å². The Morgan fingerprint density at radius 1 is 1.24 bits per heavy atom. The summed E-state index contributed by atoms with van der Waals surface area (Å²) in [5.41, 5.74) is 0.498. The maximum Gasteiger partial charge on any atom is 0.267 e. The number of amides is 1. The second-order valence-electron chi connectivity index (χ2n) is 7.84. The number of nitrogens with one attached hydrogen (secondary N) is 3. The molecule has 0 unspecified atom stereocenters. The summed E-state index contributed by atoms with van der Waals surface area (Å²) in [6.07, 6.45) is 3.29. The van der Waals surface area contributed by atoms with E-state index in [0.717, 1.165) is 12.8 Å². The molecule has 1 fully saturated rings. The number of phenolic OH excluding ortho intramolecular Hbond substituents is 1. The van der Waals surface area contributed by atoms with E-state index in [9.17, 15) is 15.2 Å². The summed E-state index contributed by atoms with van der Waals surface area (Å²) in [7, 11) is 0. The highest BCUT2D eigenvalue weighted by molar-refractivity contribution is 6.06. The van der Waals surface area contributed by atoms with Crippen molar-refractivity contribution < 1.29 is 9.90 Å². The lowest BCUT2D eigenvalue weighted by atomic mass is 9.80. The first-order valence-electron chi connectivity index (χ1n) is 8.36. The summed E-state index contributed by atoms with van der Waals surface area (Å²) in [5.74, 6) is -0.361. The second-order valence-corrected chi connectivity index (χ2v) is 7.84. The van der Waals surface area contributed by atoms with E-state index in [2.05, 4.69) is 43.6 Å². The van der Waals surface area contributed by atoms with Crippen LogP contribution in [0.3, 0.4) is 0 Å². The predicted octanol–water partition coefficient (Wildman–Crippen LogP) is 2.64. The Kier molecular flexibility index (Phi) is 5.39. The summed E-state index contributed by atoms with van der Waals surface area (Å²) in [6.45, 7) is 8.59. The standard InChI is InChI=1S/C19H26N4O2/c1-18(2)9-15(10-19(3,4)23-18)21-12-13(11-20)17(25)22-14-5-7-16(24)8-6-14/h5-8,12,15,21,23-24H,9-10H2,1-4H3,(H,22,25)/b13-12-. The normalized spacial score (nSPS) is 19.7. The van der Waals surface area contributed by atoms with E-state index in [1.54, 1.807) is 12.1 Å². The molecule has 25 heavy (non-hydrogen) atoms. The maximum absolute atomic E-state index is 12.2. The molecule has 4 N–H and O–H groups in total. The number of hydrogen-bond donors (Lipinski definition) is 4. The van der Waals surface area contributed by atoms with Crippen molar-refractivity contribution in [3.63, 3.8) is 0 Å². The second kappa shape index (κ2) is 7.16. The van der Waals surface area contributed by atoms with Gasteiger partial charge < -0.3 is 21.1 Å². The zero-order chi connectivity index (χ0) is 18.7. The number of carbonyl (C=O) groups is 1. The molecule has 6 nitrogen and oxygen atoms in total. The van der Waals surface area contributed by atoms with Gasteiger partial charge in [0.1, 0.15) is 17.4 Å². The van der Waals surface area contributed by atoms with Crippen LogP contribution in [0.15, 0.2) is 36.0 Å². The zero-order valence-corrected chi connectivity index (χ0v) is 15.2. The van der Waals surface area contributed by atoms with Crippen LogP contribution in [-0.2, 0) is 4.79 Å². The maximum atomic E-state index is 12.2. The largest absolute Gasteiger partial charge is 0.508 e. The van der Waals surface area contributed by atoms with Gasteiger partial charge in [-0.3, -0.25) is 4.79 Å². The third-order valence-corrected chi connectivity index (χ3v) is 4.14. The Morgan fingerprint density at radius 3 is 2.32 bits per heavy atom. The monoisotopic (exact) mass is 342 g/mol. The van der Waals surface area contributed by atoms with Crippen LogP contribution in [0.5, 0.6) is 5.75 Å². The number of hydrogen-bond acceptors (Lipinski definition) is 5. The molecule has 1 aliphatic heterocycles. The van der Waals surface area contributed by atoms with E-state index >= 15 is 0 Å². The van der Waals surface area contributed by atoms with Crippen LogP contribution in [-0.4, -0.2) is 28.1 Å². The molecule has 1 aliphatic rings. The average molecular weight is 342 g/mol. The van der Waals surface area contributed by atoms with Crippen LogP contribution in [0.4, 0.5) is 5.69 Å². The van der Waals surface area contributed by atoms with Crippen LogP contribution in [0, 0.1) is 11.3 Å². The lowest BCUT2D eigenvalue weighted by molar-refractivity contribution is -0.112. The van der Waals surface area contributed by atoms with Gasteiger partial charge in [0.15, 0.2) is 0 Å². The number of nitrogens with zero attached hydrogens (tertiary/aromatic N) is 1. The highest BCUT2D eigenvalue weighted by atomic mass is 16.3. The Labute approximate surface area is 148 Å². The number of benzene rings is 1. The van der Waals surface area contributed by atoms with E-state index in [4.69, 9.17) is 0 Å². The first kappa shape index (κ1) is 18.8. The third kappa shape index (κ3) is 5.50. The highest BCUT2D eigenvalue weighted by Crippen LogP contribution is 2.28. The fourth-order valence-electron chi connectivity index (χ4n) is 3.53. The Hall–Kier alpha value is -2.52. The van der Waals surface area contributed by atoms with Crippen LogP contribution in [0.1, 0.15) is 40.5 Å². The van der Waals surface area contributed by atoms with Crippen molar-refractivity contribution in [2.75, 3.05) is 5.32 Å². The zero-order valence-electron chi connectivity index (χ0n) is 15.2. The first-order chi connectivity index (χ1) is 11.6. The molecule has 1 saturated heterocycles. The van der Waals surface area contributed by atoms with Crippen molar-refractivity contribution in [2.45, 2.75) is 57.7 Å². The van der Waals surface area contributed by atoms with Crippen molar-refractivity contribution in [1.82, 2.24) is 10.6 Å². The van der Waals surface area contributed by atoms with Crippen LogP contribution in [0.25, 0.3) is 0 Å². The molecular formula is C19H26N4O2. The minimum Gasteiger partial charge on any atom is -0.508 e. The van der Waals surface area contributed by atoms with Gasteiger partial charge in [-0.1, -0.05) is 0 Å². The molecule has 2 rings (SSSR count). The fourth-order valence-corrected chi connectivity index (χ4v) is 3.53. The van der Waals surface area contributed by atoms with Gasteiger partial charge in [-0.25, -0.2) is 0 Å². The van der Waals surface area contributed by atoms with Crippen molar-refractivity contribution >= 4 is 11.6 Å². The summed E-state index contributed by atoms with van der Waals surface area (Å²) < 4.78 is 0. The van der Waals surface area contributed by atoms with Gasteiger partial charge in [0, 0.05) is 29.0 Å². The topological polar surface area (TPSA) is 97.2 Å². The molecule has 0 atom stereocenters. The van der Waals surface area contributed by atoms with Crippen molar-refractivity contribution in [1.29, 1.82) is 5.26 Å². The van der Waals surface area contributed by atoms with E-state index < -0.39 is 5.91 Å². The number of nitriles is 1. The quantitative estimate of drug-likeness (QED) is 0.383. The highest BCUT2D eigenvalue weighted by Gasteiger charge is 2.37. The number of aromatic hydroxyl groups is 1. The van der Waals surface area contributed by atoms with Crippen LogP contribution in [0.2, 0.25) is 0 Å². The van der Waals surface area contributed by atoms with Gasteiger partial charge in [0.05, 0.1) is 0 Å². The van der Waals surface area contributed by atoms with Gasteiger partial charge >= 0.3 is 0 Å². The van der Waals surface area contributed by atoms with E-state index in [1.807, 2.05) is 6.07 Å². The first-order valence-corrected chi connectivity index (χ1v) is 8.36. The van der Waals surface area contributed by atoms with E-state index in [-0.39, 0.29) is 28.4 Å². The average Bonchev–Trinajstić information content (AvgIpc) is 2.47. The minimum atomic E-state index is -0.479. The van der Waals surface area contributed by atoms with Crippen LogP contribution >= 0.6 is 0 Å². The van der Waals surface area contributed by atoms with E-state index in [1.165, 1.54) is 18.3 Å². The number of carbonyl (C=O) groups excluding carboxylic acids is 1. The summed E-state index contributed by atoms with van der Waals surface area (Å²) in [5, 5.41) is 28.0. The summed E-state index contributed by atoms with van der Waals surface area (Å²) >= 11 is 0. The molecule has 0 spiro atoms. The molecule has 0 aliphatic carbocycles. The number of piperidine rings is 1. The molecule has 1 heterocycles. The Balaban J connectivity index is 2.03. The van der Waals surface area contributed by atoms with Gasteiger partial charge in [0.2, 0.25) is 0 Å². The molecule has 134 valence electrons. The van der Waals surface area contributed by atoms with Crippen molar-refractivity contribution in [3.8, 4) is 11.8 Å². The molecule has 0 saturated carbocycles. The van der Waals surface area contributed by atoms with Crippen molar-refractivity contribution in [2.24, 2.45) is 0 Å². The van der Waals surface area contributed by atoms with Crippen molar-refractivity contribution in [3.05, 3.63) is 36.0 Å².